The monoisotopic (exact) mass is 264 g/mol. The van der Waals surface area contributed by atoms with Gasteiger partial charge >= 0.3 is 0 Å². The van der Waals surface area contributed by atoms with E-state index < -0.39 is 6.10 Å². The number of methoxy groups -OCH3 is 1. The number of aliphatic hydroxyl groups excluding tert-OH is 1. The summed E-state index contributed by atoms with van der Waals surface area (Å²) < 4.78 is 5.31. The minimum atomic E-state index is -0.641. The Labute approximate surface area is 113 Å². The zero-order chi connectivity index (χ0) is 13.8. The van der Waals surface area contributed by atoms with Gasteiger partial charge in [0.15, 0.2) is 0 Å². The van der Waals surface area contributed by atoms with Crippen LogP contribution in [0.3, 0.4) is 0 Å². The highest BCUT2D eigenvalue weighted by Crippen LogP contribution is 2.34. The Morgan fingerprint density at radius 2 is 2.26 bits per heavy atom. The summed E-state index contributed by atoms with van der Waals surface area (Å²) in [5.74, 6) is 0.661. The van der Waals surface area contributed by atoms with Gasteiger partial charge in [0.25, 0.3) is 0 Å². The molecule has 0 spiro atoms. The van der Waals surface area contributed by atoms with Gasteiger partial charge in [0, 0.05) is 24.3 Å². The van der Waals surface area contributed by atoms with E-state index in [-0.39, 0.29) is 5.91 Å². The van der Waals surface area contributed by atoms with Crippen LogP contribution in [0.25, 0.3) is 0 Å². The Kier molecular flexibility index (Phi) is 4.27. The summed E-state index contributed by atoms with van der Waals surface area (Å²) in [4.78, 5) is 13.6. The van der Waals surface area contributed by atoms with E-state index in [0.29, 0.717) is 18.8 Å². The maximum Gasteiger partial charge on any atom is 0.239 e. The molecule has 1 atom stereocenters. The molecule has 0 bridgehead atoms. The number of nitrogens with one attached hydrogen (secondary N) is 1. The summed E-state index contributed by atoms with van der Waals surface area (Å²) in [7, 11) is 1.58. The number of aliphatic hydroxyl groups is 1. The second-order valence-corrected chi connectivity index (χ2v) is 4.69. The lowest BCUT2D eigenvalue weighted by atomic mass is 10.1. The molecule has 2 N–H and O–H groups in total. The molecule has 1 heterocycles. The van der Waals surface area contributed by atoms with E-state index in [1.165, 1.54) is 0 Å². The van der Waals surface area contributed by atoms with Crippen LogP contribution in [0.4, 0.5) is 5.69 Å². The molecule has 1 aliphatic heterocycles. The number of nitrogens with zero attached hydrogens (tertiary/aromatic N) is 1. The average Bonchev–Trinajstić information content (AvgIpc) is 2.62. The van der Waals surface area contributed by atoms with E-state index in [9.17, 15) is 9.90 Å². The first kappa shape index (κ1) is 13.7. The summed E-state index contributed by atoms with van der Waals surface area (Å²) in [6, 6.07) is 5.62. The minimum Gasteiger partial charge on any atom is -0.496 e. The van der Waals surface area contributed by atoms with Crippen molar-refractivity contribution < 1.29 is 14.6 Å². The molecule has 19 heavy (non-hydrogen) atoms. The molecule has 5 heteroatoms. The van der Waals surface area contributed by atoms with Gasteiger partial charge in [0.2, 0.25) is 5.91 Å². The Hall–Kier alpha value is -1.75. The van der Waals surface area contributed by atoms with Gasteiger partial charge in [-0.25, -0.2) is 0 Å². The molecule has 1 aromatic carbocycles. The summed E-state index contributed by atoms with van der Waals surface area (Å²) in [6.07, 6.45) is 0.250. The Bertz CT molecular complexity index is 460. The number of hydrogen-bond acceptors (Lipinski definition) is 4. The molecule has 2 rings (SSSR count). The normalized spacial score (nSPS) is 17.6. The highest BCUT2D eigenvalue weighted by atomic mass is 16.5. The molecule has 0 unspecified atom stereocenters. The fourth-order valence-corrected chi connectivity index (χ4v) is 2.42. The van der Waals surface area contributed by atoms with Gasteiger partial charge in [-0.2, -0.15) is 0 Å². The van der Waals surface area contributed by atoms with Crippen LogP contribution in [0.2, 0.25) is 0 Å². The van der Waals surface area contributed by atoms with Crippen LogP contribution in [0.5, 0.6) is 5.75 Å². The topological polar surface area (TPSA) is 61.8 Å². The second-order valence-electron chi connectivity index (χ2n) is 4.69. The molecule has 1 fully saturated rings. The van der Waals surface area contributed by atoms with Crippen LogP contribution >= 0.6 is 0 Å². The summed E-state index contributed by atoms with van der Waals surface area (Å²) >= 11 is 0. The number of ether oxygens (including phenoxy) is 1. The number of amides is 1. The molecule has 0 radical (unpaired) electrons. The fraction of sp³-hybridized carbons (Fsp3) is 0.500. The lowest BCUT2D eigenvalue weighted by molar-refractivity contribution is -0.119. The van der Waals surface area contributed by atoms with Crippen LogP contribution in [0, 0.1) is 0 Å². The zero-order valence-corrected chi connectivity index (χ0v) is 11.3. The third kappa shape index (κ3) is 2.98. The third-order valence-electron chi connectivity index (χ3n) is 3.28. The van der Waals surface area contributed by atoms with Gasteiger partial charge in [-0.05, 0) is 25.5 Å². The van der Waals surface area contributed by atoms with E-state index >= 15 is 0 Å². The third-order valence-corrected chi connectivity index (χ3v) is 3.28. The number of hydrogen-bond donors (Lipinski definition) is 2. The highest BCUT2D eigenvalue weighted by Gasteiger charge is 2.21. The lowest BCUT2D eigenvalue weighted by Gasteiger charge is -2.26. The SMILES string of the molecule is COc1cccc(N2CCCNC(=O)C2)c1[C@H](C)O. The second kappa shape index (κ2) is 5.93. The Morgan fingerprint density at radius 3 is 2.95 bits per heavy atom. The van der Waals surface area contributed by atoms with Crippen molar-refractivity contribution in [3.8, 4) is 5.75 Å². The van der Waals surface area contributed by atoms with Gasteiger partial charge in [-0.15, -0.1) is 0 Å². The molecular weight excluding hydrogens is 244 g/mol. The number of benzene rings is 1. The molecule has 1 amide bonds. The average molecular weight is 264 g/mol. The summed E-state index contributed by atoms with van der Waals surface area (Å²) in [5.41, 5.74) is 1.60. The molecule has 0 aliphatic carbocycles. The molecule has 5 nitrogen and oxygen atoms in total. The van der Waals surface area contributed by atoms with Crippen molar-refractivity contribution in [1.29, 1.82) is 0 Å². The maximum absolute atomic E-state index is 11.7. The predicted molar refractivity (Wildman–Crippen MR) is 73.5 cm³/mol. The van der Waals surface area contributed by atoms with Crippen LogP contribution in [-0.4, -0.2) is 37.8 Å². The number of carbonyl (C=O) groups excluding carboxylic acids is 1. The van der Waals surface area contributed by atoms with Crippen molar-refractivity contribution >= 4 is 11.6 Å². The van der Waals surface area contributed by atoms with Gasteiger partial charge in [0.05, 0.1) is 19.8 Å². The van der Waals surface area contributed by atoms with Crippen LogP contribution in [-0.2, 0) is 4.79 Å². The van der Waals surface area contributed by atoms with Crippen LogP contribution < -0.4 is 15.0 Å². The van der Waals surface area contributed by atoms with Crippen molar-refractivity contribution in [3.05, 3.63) is 23.8 Å². The predicted octanol–water partition coefficient (Wildman–Crippen LogP) is 1.07. The van der Waals surface area contributed by atoms with E-state index in [4.69, 9.17) is 4.74 Å². The molecule has 1 aromatic rings. The van der Waals surface area contributed by atoms with E-state index in [1.54, 1.807) is 14.0 Å². The summed E-state index contributed by atoms with van der Waals surface area (Å²) in [6.45, 7) is 3.50. The number of carbonyl (C=O) groups is 1. The van der Waals surface area contributed by atoms with E-state index in [1.807, 2.05) is 23.1 Å². The first-order valence-electron chi connectivity index (χ1n) is 6.50. The quantitative estimate of drug-likeness (QED) is 0.857. The minimum absolute atomic E-state index is 0.0110. The van der Waals surface area contributed by atoms with E-state index in [0.717, 1.165) is 24.2 Å². The van der Waals surface area contributed by atoms with Crippen molar-refractivity contribution in [2.45, 2.75) is 19.4 Å². The lowest BCUT2D eigenvalue weighted by Crippen LogP contribution is -2.33. The Morgan fingerprint density at radius 1 is 1.47 bits per heavy atom. The maximum atomic E-state index is 11.7. The molecule has 0 saturated carbocycles. The van der Waals surface area contributed by atoms with Crippen molar-refractivity contribution in [3.63, 3.8) is 0 Å². The van der Waals surface area contributed by atoms with Crippen molar-refractivity contribution in [1.82, 2.24) is 5.32 Å². The number of rotatable bonds is 3. The van der Waals surface area contributed by atoms with E-state index in [2.05, 4.69) is 5.32 Å². The first-order valence-corrected chi connectivity index (χ1v) is 6.50. The highest BCUT2D eigenvalue weighted by molar-refractivity contribution is 5.82. The smallest absolute Gasteiger partial charge is 0.239 e. The van der Waals surface area contributed by atoms with Gasteiger partial charge in [-0.1, -0.05) is 6.07 Å². The standard InChI is InChI=1S/C14H20N2O3/c1-10(17)14-11(5-3-6-12(14)19-2)16-8-4-7-15-13(18)9-16/h3,5-6,10,17H,4,7-9H2,1-2H3,(H,15,18)/t10-/m0/s1. The van der Waals surface area contributed by atoms with Crippen LogP contribution in [0.15, 0.2) is 18.2 Å². The fourth-order valence-electron chi connectivity index (χ4n) is 2.42. The first-order chi connectivity index (χ1) is 9.13. The largest absolute Gasteiger partial charge is 0.496 e. The zero-order valence-electron chi connectivity index (χ0n) is 11.3. The summed E-state index contributed by atoms with van der Waals surface area (Å²) in [5, 5.41) is 12.8. The van der Waals surface area contributed by atoms with Crippen molar-refractivity contribution in [2.75, 3.05) is 31.6 Å². The van der Waals surface area contributed by atoms with Gasteiger partial charge in [-0.3, -0.25) is 4.79 Å². The van der Waals surface area contributed by atoms with Crippen molar-refractivity contribution in [2.24, 2.45) is 0 Å². The molecule has 1 saturated heterocycles. The molecule has 104 valence electrons. The van der Waals surface area contributed by atoms with Gasteiger partial charge < -0.3 is 20.1 Å². The Balaban J connectivity index is 2.39. The molecule has 1 aliphatic rings. The van der Waals surface area contributed by atoms with Gasteiger partial charge in [0.1, 0.15) is 5.75 Å². The molecule has 0 aromatic heterocycles. The number of anilines is 1. The molecular formula is C14H20N2O3. The van der Waals surface area contributed by atoms with Crippen LogP contribution in [0.1, 0.15) is 25.0 Å².